The third-order valence-electron chi connectivity index (χ3n) is 4.58. The molecule has 25 heavy (non-hydrogen) atoms. The number of carbonyl (C=O) groups excluding carboxylic acids is 1. The normalized spacial score (nSPS) is 20.6. The van der Waals surface area contributed by atoms with E-state index in [1.807, 2.05) is 24.3 Å². The number of nitrogens with zero attached hydrogens (tertiary/aromatic N) is 3. The number of hydrogen-bond acceptors (Lipinski definition) is 4. The minimum atomic E-state index is -0.892. The van der Waals surface area contributed by atoms with Crippen LogP contribution in [0.1, 0.15) is 30.0 Å². The molecule has 0 aliphatic carbocycles. The first-order chi connectivity index (χ1) is 12.0. The summed E-state index contributed by atoms with van der Waals surface area (Å²) in [6.45, 7) is 0.333. The van der Waals surface area contributed by atoms with Gasteiger partial charge >= 0.3 is 5.97 Å². The maximum absolute atomic E-state index is 12.6. The summed E-state index contributed by atoms with van der Waals surface area (Å²) in [4.78, 5) is 26.0. The number of aryl methyl sites for hydroxylation is 1. The zero-order chi connectivity index (χ0) is 18.0. The van der Waals surface area contributed by atoms with Gasteiger partial charge in [0.2, 0.25) is 5.91 Å². The number of rotatable bonds is 5. The van der Waals surface area contributed by atoms with Crippen molar-refractivity contribution in [2.45, 2.75) is 25.4 Å². The van der Waals surface area contributed by atoms with E-state index in [1.165, 1.54) is 0 Å². The lowest BCUT2D eigenvalue weighted by Gasteiger charge is -2.39. The van der Waals surface area contributed by atoms with Crippen LogP contribution in [0.15, 0.2) is 36.7 Å². The molecule has 0 saturated carbocycles. The fourth-order valence-electron chi connectivity index (χ4n) is 3.37. The minimum Gasteiger partial charge on any atom is -0.497 e. The lowest BCUT2D eigenvalue weighted by molar-refractivity contribution is -0.152. The number of carboxylic acids is 1. The van der Waals surface area contributed by atoms with Gasteiger partial charge in [0.15, 0.2) is 0 Å². The van der Waals surface area contributed by atoms with Crippen LogP contribution in [0.25, 0.3) is 0 Å². The van der Waals surface area contributed by atoms with E-state index >= 15 is 0 Å². The molecule has 0 bridgehead atoms. The van der Waals surface area contributed by atoms with E-state index in [4.69, 9.17) is 4.74 Å². The van der Waals surface area contributed by atoms with Gasteiger partial charge in [-0.2, -0.15) is 5.10 Å². The first kappa shape index (κ1) is 17.0. The van der Waals surface area contributed by atoms with Gasteiger partial charge in [-0.05, 0) is 24.1 Å². The molecule has 1 aromatic carbocycles. The maximum Gasteiger partial charge on any atom is 0.308 e. The molecule has 0 unspecified atom stereocenters. The second-order valence-corrected chi connectivity index (χ2v) is 6.25. The quantitative estimate of drug-likeness (QED) is 0.897. The zero-order valence-corrected chi connectivity index (χ0v) is 14.3. The molecule has 2 heterocycles. The van der Waals surface area contributed by atoms with E-state index in [-0.39, 0.29) is 12.3 Å². The van der Waals surface area contributed by atoms with Gasteiger partial charge in [-0.15, -0.1) is 0 Å². The summed E-state index contributed by atoms with van der Waals surface area (Å²) in [5, 5.41) is 13.8. The Morgan fingerprint density at radius 1 is 1.44 bits per heavy atom. The number of benzene rings is 1. The number of piperidine rings is 1. The van der Waals surface area contributed by atoms with E-state index in [9.17, 15) is 14.7 Å². The smallest absolute Gasteiger partial charge is 0.308 e. The molecule has 0 radical (unpaired) electrons. The van der Waals surface area contributed by atoms with Gasteiger partial charge in [0.05, 0.1) is 25.3 Å². The number of likely N-dealkylation sites (tertiary alicyclic amines) is 1. The Balaban J connectivity index is 1.96. The van der Waals surface area contributed by atoms with E-state index < -0.39 is 17.9 Å². The number of aromatic nitrogens is 2. The molecule has 1 aromatic heterocycles. The van der Waals surface area contributed by atoms with Crippen molar-refractivity contribution >= 4 is 11.9 Å². The maximum atomic E-state index is 12.6. The van der Waals surface area contributed by atoms with Crippen LogP contribution in [0.2, 0.25) is 0 Å². The van der Waals surface area contributed by atoms with Crippen molar-refractivity contribution in [3.05, 3.63) is 47.8 Å². The summed E-state index contributed by atoms with van der Waals surface area (Å²) >= 11 is 0. The molecule has 1 aliphatic rings. The minimum absolute atomic E-state index is 0.0471. The average Bonchev–Trinajstić information content (AvgIpc) is 3.02. The summed E-state index contributed by atoms with van der Waals surface area (Å²) in [6, 6.07) is 6.92. The molecule has 2 aromatic rings. The number of aliphatic carboxylic acids is 1. The highest BCUT2D eigenvalue weighted by molar-refractivity contribution is 5.81. The van der Waals surface area contributed by atoms with Crippen LogP contribution in [0.3, 0.4) is 0 Å². The summed E-state index contributed by atoms with van der Waals surface area (Å²) in [7, 11) is 3.36. The van der Waals surface area contributed by atoms with Crippen LogP contribution in [0.4, 0.5) is 0 Å². The molecule has 7 heteroatoms. The SMILES string of the molecule is COc1cccc(CN2C(=O)CC[C@@H](C(=O)O)[C@@H]2c2cnn(C)c2)c1. The predicted octanol–water partition coefficient (Wildman–Crippen LogP) is 1.99. The van der Waals surface area contributed by atoms with E-state index in [0.717, 1.165) is 11.1 Å². The zero-order valence-electron chi connectivity index (χ0n) is 14.3. The molecular formula is C18H21N3O4. The highest BCUT2D eigenvalue weighted by Gasteiger charge is 2.41. The van der Waals surface area contributed by atoms with Gasteiger partial charge in [-0.25, -0.2) is 0 Å². The monoisotopic (exact) mass is 343 g/mol. The molecule has 132 valence electrons. The summed E-state index contributed by atoms with van der Waals surface area (Å²) in [5.74, 6) is -0.881. The Morgan fingerprint density at radius 3 is 2.88 bits per heavy atom. The van der Waals surface area contributed by atoms with Crippen molar-refractivity contribution in [2.75, 3.05) is 7.11 Å². The number of ether oxygens (including phenoxy) is 1. The van der Waals surface area contributed by atoms with Crippen molar-refractivity contribution in [3.8, 4) is 5.75 Å². The Morgan fingerprint density at radius 2 is 2.24 bits per heavy atom. The standard InChI is InChI=1S/C18H21N3O4/c1-20-11-13(9-19-20)17-15(18(23)24)6-7-16(22)21(17)10-12-4-3-5-14(8-12)25-2/h3-5,8-9,11,15,17H,6-7,10H2,1-2H3,(H,23,24)/t15-,17+/m1/s1. The average molecular weight is 343 g/mol. The molecule has 1 aliphatic heterocycles. The van der Waals surface area contributed by atoms with Gasteiger partial charge in [0.1, 0.15) is 5.75 Å². The molecule has 1 N–H and O–H groups in total. The van der Waals surface area contributed by atoms with Crippen LogP contribution in [-0.2, 0) is 23.2 Å². The van der Waals surface area contributed by atoms with Gasteiger partial charge in [-0.1, -0.05) is 12.1 Å². The lowest BCUT2D eigenvalue weighted by Crippen LogP contribution is -2.44. The Labute approximate surface area is 145 Å². The molecule has 3 rings (SSSR count). The Hall–Kier alpha value is -2.83. The van der Waals surface area contributed by atoms with Crippen LogP contribution >= 0.6 is 0 Å². The number of hydrogen-bond donors (Lipinski definition) is 1. The summed E-state index contributed by atoms with van der Waals surface area (Å²) < 4.78 is 6.86. The largest absolute Gasteiger partial charge is 0.497 e. The van der Waals surface area contributed by atoms with Gasteiger partial charge in [0, 0.05) is 31.8 Å². The summed E-state index contributed by atoms with van der Waals surface area (Å²) in [6.07, 6.45) is 3.98. The van der Waals surface area contributed by atoms with E-state index in [0.29, 0.717) is 18.7 Å². The van der Waals surface area contributed by atoms with Crippen molar-refractivity contribution < 1.29 is 19.4 Å². The first-order valence-electron chi connectivity index (χ1n) is 8.13. The molecule has 1 fully saturated rings. The van der Waals surface area contributed by atoms with Crippen molar-refractivity contribution in [1.29, 1.82) is 0 Å². The molecule has 2 atom stereocenters. The third kappa shape index (κ3) is 3.50. The number of carbonyl (C=O) groups is 2. The topological polar surface area (TPSA) is 84.7 Å². The number of methoxy groups -OCH3 is 1. The highest BCUT2D eigenvalue weighted by atomic mass is 16.5. The van der Waals surface area contributed by atoms with Gasteiger partial charge in [-0.3, -0.25) is 14.3 Å². The van der Waals surface area contributed by atoms with Crippen molar-refractivity contribution in [3.63, 3.8) is 0 Å². The Bertz CT molecular complexity index is 786. The molecule has 7 nitrogen and oxygen atoms in total. The molecule has 0 spiro atoms. The van der Waals surface area contributed by atoms with Crippen LogP contribution < -0.4 is 4.74 Å². The third-order valence-corrected chi connectivity index (χ3v) is 4.58. The van der Waals surface area contributed by atoms with E-state index in [1.54, 1.807) is 36.1 Å². The fraction of sp³-hybridized carbons (Fsp3) is 0.389. The van der Waals surface area contributed by atoms with Crippen LogP contribution in [-0.4, -0.2) is 38.8 Å². The Kier molecular flexibility index (Phi) is 4.74. The van der Waals surface area contributed by atoms with Crippen LogP contribution in [0, 0.1) is 5.92 Å². The van der Waals surface area contributed by atoms with Crippen LogP contribution in [0.5, 0.6) is 5.75 Å². The number of amides is 1. The lowest BCUT2D eigenvalue weighted by atomic mass is 9.85. The van der Waals surface area contributed by atoms with E-state index in [2.05, 4.69) is 5.10 Å². The molecule has 1 saturated heterocycles. The van der Waals surface area contributed by atoms with Gasteiger partial charge in [0.25, 0.3) is 0 Å². The highest BCUT2D eigenvalue weighted by Crippen LogP contribution is 2.38. The molecule has 1 amide bonds. The second-order valence-electron chi connectivity index (χ2n) is 6.25. The first-order valence-corrected chi connectivity index (χ1v) is 8.13. The second kappa shape index (κ2) is 6.96. The van der Waals surface area contributed by atoms with Crippen molar-refractivity contribution in [2.24, 2.45) is 13.0 Å². The summed E-state index contributed by atoms with van der Waals surface area (Å²) in [5.41, 5.74) is 1.64. The van der Waals surface area contributed by atoms with Crippen molar-refractivity contribution in [1.82, 2.24) is 14.7 Å². The fourth-order valence-corrected chi connectivity index (χ4v) is 3.37. The van der Waals surface area contributed by atoms with Gasteiger partial charge < -0.3 is 14.7 Å². The molecular weight excluding hydrogens is 322 g/mol. The predicted molar refractivity (Wildman–Crippen MR) is 89.9 cm³/mol. The number of carboxylic acid groups (broad SMARTS) is 1.